The van der Waals surface area contributed by atoms with Crippen LogP contribution in [0.3, 0.4) is 0 Å². The van der Waals surface area contributed by atoms with Gasteiger partial charge in [0.1, 0.15) is 17.9 Å². The Balaban J connectivity index is 1.36. The van der Waals surface area contributed by atoms with Gasteiger partial charge in [0.15, 0.2) is 0 Å². The summed E-state index contributed by atoms with van der Waals surface area (Å²) in [6.07, 6.45) is 1.58. The molecule has 1 aliphatic heterocycles. The Hall–Kier alpha value is -2.92. The molecule has 1 aromatic heterocycles. The smallest absolute Gasteiger partial charge is 0.224 e. The third kappa shape index (κ3) is 4.63. The Kier molecular flexibility index (Phi) is 5.30. The largest absolute Gasteiger partial charge is 0.439 e. The third-order valence-corrected chi connectivity index (χ3v) is 4.82. The zero-order valence-electron chi connectivity index (χ0n) is 15.6. The molecule has 0 N–H and O–H groups in total. The van der Waals surface area contributed by atoms with Crippen molar-refractivity contribution in [1.29, 1.82) is 0 Å². The number of rotatable bonds is 5. The number of piperazine rings is 1. The summed E-state index contributed by atoms with van der Waals surface area (Å²) in [6.45, 7) is 7.01. The summed E-state index contributed by atoms with van der Waals surface area (Å²) in [5, 5.41) is 0. The minimum atomic E-state index is 0.579. The molecule has 0 spiro atoms. The Morgan fingerprint density at radius 3 is 2.37 bits per heavy atom. The minimum absolute atomic E-state index is 0.579. The molecule has 4 rings (SSSR count). The first-order chi connectivity index (χ1) is 13.3. The lowest BCUT2D eigenvalue weighted by atomic mass is 10.2. The van der Waals surface area contributed by atoms with E-state index in [1.807, 2.05) is 30.3 Å². The van der Waals surface area contributed by atoms with Crippen LogP contribution < -0.4 is 9.64 Å². The molecule has 0 amide bonds. The molecule has 1 fully saturated rings. The zero-order valence-corrected chi connectivity index (χ0v) is 15.6. The van der Waals surface area contributed by atoms with Gasteiger partial charge >= 0.3 is 0 Å². The number of nitrogens with zero attached hydrogens (tertiary/aromatic N) is 4. The second kappa shape index (κ2) is 8.18. The fraction of sp³-hybridized carbons (Fsp3) is 0.273. The summed E-state index contributed by atoms with van der Waals surface area (Å²) < 4.78 is 5.88. The highest BCUT2D eigenvalue weighted by molar-refractivity contribution is 5.42. The van der Waals surface area contributed by atoms with Gasteiger partial charge in [-0.05, 0) is 24.6 Å². The molecular formula is C22H24N4O. The Bertz CT molecular complexity index is 859. The van der Waals surface area contributed by atoms with Gasteiger partial charge in [-0.25, -0.2) is 9.97 Å². The molecule has 1 saturated heterocycles. The fourth-order valence-electron chi connectivity index (χ4n) is 3.26. The molecule has 2 heterocycles. The van der Waals surface area contributed by atoms with E-state index in [4.69, 9.17) is 4.74 Å². The summed E-state index contributed by atoms with van der Waals surface area (Å²) >= 11 is 0. The van der Waals surface area contributed by atoms with E-state index >= 15 is 0 Å². The first kappa shape index (κ1) is 17.5. The first-order valence-electron chi connectivity index (χ1n) is 9.34. The molecule has 5 nitrogen and oxygen atoms in total. The first-order valence-corrected chi connectivity index (χ1v) is 9.34. The maximum Gasteiger partial charge on any atom is 0.224 e. The van der Waals surface area contributed by atoms with E-state index in [1.165, 1.54) is 11.1 Å². The van der Waals surface area contributed by atoms with Crippen molar-refractivity contribution in [2.45, 2.75) is 13.5 Å². The van der Waals surface area contributed by atoms with Crippen LogP contribution in [-0.2, 0) is 6.54 Å². The van der Waals surface area contributed by atoms with E-state index in [0.717, 1.165) is 44.3 Å². The van der Waals surface area contributed by atoms with Gasteiger partial charge in [0, 0.05) is 38.8 Å². The average molecular weight is 360 g/mol. The van der Waals surface area contributed by atoms with Gasteiger partial charge in [-0.2, -0.15) is 0 Å². The van der Waals surface area contributed by atoms with Gasteiger partial charge in [-0.3, -0.25) is 4.90 Å². The fourth-order valence-corrected chi connectivity index (χ4v) is 3.26. The van der Waals surface area contributed by atoms with Gasteiger partial charge in [-0.1, -0.05) is 48.0 Å². The lowest BCUT2D eigenvalue weighted by molar-refractivity contribution is 0.249. The normalized spacial score (nSPS) is 14.9. The minimum Gasteiger partial charge on any atom is -0.439 e. The molecule has 0 saturated carbocycles. The number of benzene rings is 2. The molecule has 1 aliphatic rings. The number of hydrogen-bond acceptors (Lipinski definition) is 5. The van der Waals surface area contributed by atoms with Crippen LogP contribution in [0, 0.1) is 6.92 Å². The second-order valence-electron chi connectivity index (χ2n) is 6.88. The van der Waals surface area contributed by atoms with Crippen LogP contribution in [0.1, 0.15) is 11.1 Å². The molecule has 5 heteroatoms. The maximum atomic E-state index is 5.88. The van der Waals surface area contributed by atoms with E-state index in [2.05, 4.69) is 57.0 Å². The molecule has 0 bridgehead atoms. The number of aromatic nitrogens is 2. The number of ether oxygens (including phenoxy) is 1. The van der Waals surface area contributed by atoms with Crippen LogP contribution in [0.15, 0.2) is 67.0 Å². The average Bonchev–Trinajstić information content (AvgIpc) is 2.71. The van der Waals surface area contributed by atoms with Crippen LogP contribution in [-0.4, -0.2) is 41.0 Å². The molecule has 2 aromatic carbocycles. The van der Waals surface area contributed by atoms with E-state index in [1.54, 1.807) is 6.33 Å². The summed E-state index contributed by atoms with van der Waals surface area (Å²) in [7, 11) is 0. The van der Waals surface area contributed by atoms with Gasteiger partial charge in [0.05, 0.1) is 0 Å². The quantitative estimate of drug-likeness (QED) is 0.690. The van der Waals surface area contributed by atoms with E-state index < -0.39 is 0 Å². The van der Waals surface area contributed by atoms with Gasteiger partial charge in [0.2, 0.25) is 5.88 Å². The summed E-state index contributed by atoms with van der Waals surface area (Å²) in [4.78, 5) is 13.5. The third-order valence-electron chi connectivity index (χ3n) is 4.82. The SMILES string of the molecule is Cc1ccc(Oc2cc(N3CCN(Cc4ccccc4)CC3)ncn2)cc1. The van der Waals surface area contributed by atoms with Gasteiger partial charge < -0.3 is 9.64 Å². The molecule has 3 aromatic rings. The van der Waals surface area contributed by atoms with Crippen molar-refractivity contribution < 1.29 is 4.74 Å². The lowest BCUT2D eigenvalue weighted by Gasteiger charge is -2.35. The summed E-state index contributed by atoms with van der Waals surface area (Å²) in [5.41, 5.74) is 2.57. The summed E-state index contributed by atoms with van der Waals surface area (Å²) in [6, 6.07) is 20.5. The van der Waals surface area contributed by atoms with E-state index in [9.17, 15) is 0 Å². The maximum absolute atomic E-state index is 5.88. The van der Waals surface area contributed by atoms with E-state index in [0.29, 0.717) is 5.88 Å². The van der Waals surface area contributed by atoms with Crippen molar-refractivity contribution in [2.24, 2.45) is 0 Å². The Morgan fingerprint density at radius 2 is 1.63 bits per heavy atom. The molecule has 27 heavy (non-hydrogen) atoms. The van der Waals surface area contributed by atoms with Crippen molar-refractivity contribution in [3.05, 3.63) is 78.1 Å². The Morgan fingerprint density at radius 1 is 0.889 bits per heavy atom. The standard InChI is InChI=1S/C22H24N4O/c1-18-7-9-20(10-8-18)27-22-15-21(23-17-24-22)26-13-11-25(12-14-26)16-19-5-3-2-4-6-19/h2-10,15,17H,11-14,16H2,1H3. The van der Waals surface area contributed by atoms with E-state index in [-0.39, 0.29) is 0 Å². The molecule has 138 valence electrons. The van der Waals surface area contributed by atoms with Crippen molar-refractivity contribution in [2.75, 3.05) is 31.1 Å². The van der Waals surface area contributed by atoms with Crippen molar-refractivity contribution in [1.82, 2.24) is 14.9 Å². The van der Waals surface area contributed by atoms with Crippen LogP contribution >= 0.6 is 0 Å². The van der Waals surface area contributed by atoms with Crippen molar-refractivity contribution in [3.63, 3.8) is 0 Å². The highest BCUT2D eigenvalue weighted by Gasteiger charge is 2.18. The highest BCUT2D eigenvalue weighted by Crippen LogP contribution is 2.23. The monoisotopic (exact) mass is 360 g/mol. The Labute approximate surface area is 160 Å². The lowest BCUT2D eigenvalue weighted by Crippen LogP contribution is -2.46. The molecule has 0 aliphatic carbocycles. The number of anilines is 1. The number of hydrogen-bond donors (Lipinski definition) is 0. The van der Waals surface area contributed by atoms with Crippen molar-refractivity contribution >= 4 is 5.82 Å². The topological polar surface area (TPSA) is 41.5 Å². The predicted molar refractivity (Wildman–Crippen MR) is 107 cm³/mol. The zero-order chi connectivity index (χ0) is 18.5. The van der Waals surface area contributed by atoms with Gasteiger partial charge in [-0.15, -0.1) is 0 Å². The van der Waals surface area contributed by atoms with Crippen LogP contribution in [0.5, 0.6) is 11.6 Å². The van der Waals surface area contributed by atoms with Crippen LogP contribution in [0.2, 0.25) is 0 Å². The van der Waals surface area contributed by atoms with Gasteiger partial charge in [0.25, 0.3) is 0 Å². The van der Waals surface area contributed by atoms with Crippen molar-refractivity contribution in [3.8, 4) is 11.6 Å². The molecular weight excluding hydrogens is 336 g/mol. The molecule has 0 radical (unpaired) electrons. The number of aryl methyl sites for hydroxylation is 1. The summed E-state index contributed by atoms with van der Waals surface area (Å²) in [5.74, 6) is 2.29. The second-order valence-corrected chi connectivity index (χ2v) is 6.88. The predicted octanol–water partition coefficient (Wildman–Crippen LogP) is 3.90. The highest BCUT2D eigenvalue weighted by atomic mass is 16.5. The molecule has 0 unspecified atom stereocenters. The molecule has 0 atom stereocenters. The van der Waals surface area contributed by atoms with Crippen LogP contribution in [0.25, 0.3) is 0 Å². The van der Waals surface area contributed by atoms with Crippen LogP contribution in [0.4, 0.5) is 5.82 Å².